The van der Waals surface area contributed by atoms with Gasteiger partial charge in [-0.2, -0.15) is 8.78 Å². The first kappa shape index (κ1) is 13.5. The molecule has 0 aliphatic carbocycles. The van der Waals surface area contributed by atoms with Crippen LogP contribution in [0.15, 0.2) is 0 Å². The number of ether oxygens (including phenoxy) is 1. The highest BCUT2D eigenvalue weighted by molar-refractivity contribution is 7.88. The second-order valence-electron chi connectivity index (χ2n) is 3.62. The van der Waals surface area contributed by atoms with Crippen molar-refractivity contribution in [2.75, 3.05) is 6.61 Å². The van der Waals surface area contributed by atoms with Gasteiger partial charge in [-0.3, -0.25) is 4.21 Å². The molecule has 0 fully saturated rings. The maximum Gasteiger partial charge on any atom is 0.416 e. The Kier molecular flexibility index (Phi) is 4.17. The number of alkyl halides is 2. The van der Waals surface area contributed by atoms with Gasteiger partial charge < -0.3 is 4.74 Å². The molecule has 0 unspecified atom stereocenters. The first-order chi connectivity index (χ1) is 6.14. The Morgan fingerprint density at radius 3 is 2.07 bits per heavy atom. The Balaban J connectivity index is 4.79. The van der Waals surface area contributed by atoms with E-state index in [0.29, 0.717) is 0 Å². The molecule has 0 radical (unpaired) electrons. The number of carbonyl (C=O) groups excluding carboxylic acids is 1. The van der Waals surface area contributed by atoms with Crippen LogP contribution >= 0.6 is 0 Å². The number of rotatable bonds is 3. The van der Waals surface area contributed by atoms with Crippen molar-refractivity contribution in [2.24, 2.45) is 0 Å². The third-order valence-corrected chi connectivity index (χ3v) is 3.05. The predicted octanol–water partition coefficient (Wildman–Crippen LogP) is 1.69. The van der Waals surface area contributed by atoms with Gasteiger partial charge in [-0.15, -0.1) is 0 Å². The Morgan fingerprint density at radius 2 is 1.79 bits per heavy atom. The minimum absolute atomic E-state index is 0.157. The third kappa shape index (κ3) is 3.01. The largest absolute Gasteiger partial charge is 0.461 e. The van der Waals surface area contributed by atoms with Gasteiger partial charge in [-0.1, -0.05) is 0 Å². The van der Waals surface area contributed by atoms with E-state index < -0.39 is 26.8 Å². The van der Waals surface area contributed by atoms with Crippen LogP contribution in [0.1, 0.15) is 27.7 Å². The van der Waals surface area contributed by atoms with E-state index in [-0.39, 0.29) is 6.61 Å². The summed E-state index contributed by atoms with van der Waals surface area (Å²) < 4.78 is 40.5. The molecule has 0 rings (SSSR count). The highest BCUT2D eigenvalue weighted by atomic mass is 32.2. The van der Waals surface area contributed by atoms with Gasteiger partial charge >= 0.3 is 11.2 Å². The minimum atomic E-state index is -3.94. The number of carbonyl (C=O) groups is 1. The maximum absolute atomic E-state index is 13.1. The molecule has 14 heavy (non-hydrogen) atoms. The molecular weight excluding hydrogens is 214 g/mol. The van der Waals surface area contributed by atoms with Crippen molar-refractivity contribution in [1.29, 1.82) is 0 Å². The van der Waals surface area contributed by atoms with Crippen molar-refractivity contribution in [3.8, 4) is 0 Å². The van der Waals surface area contributed by atoms with Crippen LogP contribution in [0.4, 0.5) is 8.78 Å². The molecule has 0 aromatic heterocycles. The Morgan fingerprint density at radius 1 is 1.36 bits per heavy atom. The zero-order valence-corrected chi connectivity index (χ0v) is 9.41. The standard InChI is InChI=1S/C8H14F2O3S/c1-5-13-6(11)8(9,10)14(12)7(2,3)4/h5H2,1-4H3/t14-/m0/s1. The monoisotopic (exact) mass is 228 g/mol. The third-order valence-electron chi connectivity index (χ3n) is 1.30. The summed E-state index contributed by atoms with van der Waals surface area (Å²) in [6.07, 6.45) is 0. The van der Waals surface area contributed by atoms with Gasteiger partial charge in [-0.05, 0) is 27.7 Å². The lowest BCUT2D eigenvalue weighted by atomic mass is 10.3. The predicted molar refractivity (Wildman–Crippen MR) is 49.5 cm³/mol. The minimum Gasteiger partial charge on any atom is -0.461 e. The highest BCUT2D eigenvalue weighted by Gasteiger charge is 2.51. The molecule has 0 aromatic carbocycles. The van der Waals surface area contributed by atoms with E-state index in [0.717, 1.165) is 0 Å². The van der Waals surface area contributed by atoms with Gasteiger partial charge in [-0.25, -0.2) is 4.79 Å². The van der Waals surface area contributed by atoms with E-state index >= 15 is 0 Å². The normalized spacial score (nSPS) is 15.0. The lowest BCUT2D eigenvalue weighted by molar-refractivity contribution is -0.160. The molecular formula is C8H14F2O3S. The van der Waals surface area contributed by atoms with Gasteiger partial charge in [0.2, 0.25) is 0 Å². The Labute approximate surface area is 84.3 Å². The quantitative estimate of drug-likeness (QED) is 0.690. The molecule has 0 amide bonds. The summed E-state index contributed by atoms with van der Waals surface area (Å²) in [5, 5.41) is -3.94. The molecule has 0 aromatic rings. The molecule has 0 saturated carbocycles. The summed E-state index contributed by atoms with van der Waals surface area (Å²) in [6.45, 7) is 5.37. The van der Waals surface area contributed by atoms with Crippen molar-refractivity contribution in [3.63, 3.8) is 0 Å². The van der Waals surface area contributed by atoms with E-state index in [1.165, 1.54) is 27.7 Å². The number of esters is 1. The van der Waals surface area contributed by atoms with E-state index in [4.69, 9.17) is 0 Å². The van der Waals surface area contributed by atoms with Gasteiger partial charge in [0.15, 0.2) is 0 Å². The van der Waals surface area contributed by atoms with Crippen LogP contribution in [0.3, 0.4) is 0 Å². The number of halogens is 2. The first-order valence-corrected chi connectivity index (χ1v) is 5.26. The van der Waals surface area contributed by atoms with E-state index in [1.807, 2.05) is 0 Å². The van der Waals surface area contributed by atoms with Crippen LogP contribution in [-0.4, -0.2) is 26.8 Å². The molecule has 0 spiro atoms. The van der Waals surface area contributed by atoms with Crippen LogP contribution in [-0.2, 0) is 20.3 Å². The SMILES string of the molecule is CCOC(=O)C(F)(F)[S@@](=O)C(C)(C)C. The van der Waals surface area contributed by atoms with Crippen LogP contribution in [0.25, 0.3) is 0 Å². The fourth-order valence-corrected chi connectivity index (χ4v) is 1.65. The zero-order chi connectivity index (χ0) is 11.6. The van der Waals surface area contributed by atoms with Gasteiger partial charge in [0.1, 0.15) is 10.8 Å². The van der Waals surface area contributed by atoms with Crippen LogP contribution in [0.5, 0.6) is 0 Å². The van der Waals surface area contributed by atoms with E-state index in [9.17, 15) is 17.8 Å². The fourth-order valence-electron chi connectivity index (χ4n) is 0.675. The molecule has 0 heterocycles. The first-order valence-electron chi connectivity index (χ1n) is 4.11. The molecule has 1 atom stereocenters. The molecule has 0 bridgehead atoms. The summed E-state index contributed by atoms with van der Waals surface area (Å²) in [5.41, 5.74) is 0. The second kappa shape index (κ2) is 4.33. The fraction of sp³-hybridized carbons (Fsp3) is 0.875. The Bertz CT molecular complexity index is 245. The van der Waals surface area contributed by atoms with Crippen molar-refractivity contribution in [3.05, 3.63) is 0 Å². The summed E-state index contributed by atoms with van der Waals surface area (Å²) >= 11 is 0. The topological polar surface area (TPSA) is 43.4 Å². The van der Waals surface area contributed by atoms with Gasteiger partial charge in [0, 0.05) is 4.75 Å². The lowest BCUT2D eigenvalue weighted by Gasteiger charge is -2.23. The maximum atomic E-state index is 13.1. The molecule has 0 N–H and O–H groups in total. The van der Waals surface area contributed by atoms with E-state index in [2.05, 4.69) is 4.74 Å². The second-order valence-corrected chi connectivity index (χ2v) is 5.89. The Hall–Kier alpha value is -0.520. The number of hydrogen-bond donors (Lipinski definition) is 0. The van der Waals surface area contributed by atoms with Crippen LogP contribution < -0.4 is 0 Å². The van der Waals surface area contributed by atoms with E-state index in [1.54, 1.807) is 0 Å². The van der Waals surface area contributed by atoms with Crippen molar-refractivity contribution >= 4 is 16.8 Å². The summed E-state index contributed by atoms with van der Waals surface area (Å²) in [6, 6.07) is 0. The average molecular weight is 228 g/mol. The smallest absolute Gasteiger partial charge is 0.416 e. The van der Waals surface area contributed by atoms with Crippen molar-refractivity contribution in [2.45, 2.75) is 37.7 Å². The highest BCUT2D eigenvalue weighted by Crippen LogP contribution is 2.29. The molecule has 0 aliphatic rings. The van der Waals surface area contributed by atoms with Crippen LogP contribution in [0, 0.1) is 0 Å². The van der Waals surface area contributed by atoms with Crippen molar-refractivity contribution < 1.29 is 22.5 Å². The van der Waals surface area contributed by atoms with Crippen molar-refractivity contribution in [1.82, 2.24) is 0 Å². The van der Waals surface area contributed by atoms with Gasteiger partial charge in [0.25, 0.3) is 0 Å². The summed E-state index contributed by atoms with van der Waals surface area (Å²) in [7, 11) is -2.59. The molecule has 0 saturated heterocycles. The molecule has 6 heteroatoms. The van der Waals surface area contributed by atoms with Gasteiger partial charge in [0.05, 0.1) is 6.61 Å². The zero-order valence-electron chi connectivity index (χ0n) is 8.60. The molecule has 84 valence electrons. The summed E-state index contributed by atoms with van der Waals surface area (Å²) in [4.78, 5) is 10.8. The molecule has 0 aliphatic heterocycles. The lowest BCUT2D eigenvalue weighted by Crippen LogP contribution is -2.43. The average Bonchev–Trinajstić information content (AvgIpc) is 2.01. The number of hydrogen-bond acceptors (Lipinski definition) is 3. The molecule has 3 nitrogen and oxygen atoms in total. The summed E-state index contributed by atoms with van der Waals surface area (Å²) in [5.74, 6) is -1.73. The van der Waals surface area contributed by atoms with Crippen LogP contribution in [0.2, 0.25) is 0 Å².